The van der Waals surface area contributed by atoms with Crippen molar-refractivity contribution in [1.29, 1.82) is 0 Å². The monoisotopic (exact) mass is 273 g/mol. The van der Waals surface area contributed by atoms with Crippen molar-refractivity contribution >= 4 is 5.82 Å². The van der Waals surface area contributed by atoms with E-state index in [2.05, 4.69) is 49.9 Å². The van der Waals surface area contributed by atoms with E-state index < -0.39 is 0 Å². The van der Waals surface area contributed by atoms with Gasteiger partial charge in [0, 0.05) is 30.4 Å². The van der Waals surface area contributed by atoms with Crippen molar-refractivity contribution in [3.63, 3.8) is 0 Å². The van der Waals surface area contributed by atoms with Gasteiger partial charge in [0.25, 0.3) is 0 Å². The van der Waals surface area contributed by atoms with Gasteiger partial charge in [-0.2, -0.15) is 0 Å². The predicted molar refractivity (Wildman–Crippen MR) is 87.0 cm³/mol. The number of nitrogens with one attached hydrogen (secondary N) is 1. The first-order valence-electron chi connectivity index (χ1n) is 7.38. The topological polar surface area (TPSA) is 28.2 Å². The van der Waals surface area contributed by atoms with Crippen LogP contribution in [0.1, 0.15) is 44.0 Å². The van der Waals surface area contributed by atoms with Gasteiger partial charge in [-0.25, -0.2) is 4.98 Å². The Labute approximate surface area is 123 Å². The molecule has 0 amide bonds. The minimum absolute atomic E-state index is 0.454. The van der Waals surface area contributed by atoms with Crippen molar-refractivity contribution in [2.45, 2.75) is 53.6 Å². The normalized spacial score (nSPS) is 10.7. The van der Waals surface area contributed by atoms with Gasteiger partial charge in [-0.05, 0) is 31.9 Å². The summed E-state index contributed by atoms with van der Waals surface area (Å²) < 4.78 is 0. The number of aromatic nitrogens is 1. The van der Waals surface area contributed by atoms with Crippen LogP contribution in [-0.4, -0.2) is 24.1 Å². The highest BCUT2D eigenvalue weighted by atomic mass is 15.2. The van der Waals surface area contributed by atoms with Gasteiger partial charge in [0.2, 0.25) is 0 Å². The number of hydrogen-bond donors (Lipinski definition) is 1. The summed E-state index contributed by atoms with van der Waals surface area (Å²) in [6.45, 7) is 13.0. The zero-order chi connectivity index (χ0) is 15.1. The van der Waals surface area contributed by atoms with Crippen molar-refractivity contribution < 1.29 is 0 Å². The smallest absolute Gasteiger partial charge is 0.134 e. The minimum Gasteiger partial charge on any atom is -0.345 e. The fourth-order valence-electron chi connectivity index (χ4n) is 2.27. The number of aryl methyl sites for hydroxylation is 2. The largest absolute Gasteiger partial charge is 0.345 e. The highest BCUT2D eigenvalue weighted by Gasteiger charge is 2.15. The fourth-order valence-corrected chi connectivity index (χ4v) is 2.27. The standard InChI is InChI=1S/C17H27N3/c1-7-9-20(10-8-2)17-16(12-18-13(3)4)14(5)11-15(6)19-17/h1,11,13,18H,8-10,12H2,2-6H3. The van der Waals surface area contributed by atoms with Crippen LogP contribution >= 0.6 is 0 Å². The molecule has 1 heterocycles. The Bertz CT molecular complexity index is 472. The summed E-state index contributed by atoms with van der Waals surface area (Å²) in [5, 5.41) is 3.48. The Balaban J connectivity index is 3.16. The minimum atomic E-state index is 0.454. The number of nitrogens with zero attached hydrogens (tertiary/aromatic N) is 2. The van der Waals surface area contributed by atoms with Crippen LogP contribution < -0.4 is 10.2 Å². The molecule has 0 aliphatic rings. The van der Waals surface area contributed by atoms with Crippen LogP contribution in [0.5, 0.6) is 0 Å². The van der Waals surface area contributed by atoms with E-state index in [-0.39, 0.29) is 0 Å². The maximum absolute atomic E-state index is 5.51. The Morgan fingerprint density at radius 3 is 2.65 bits per heavy atom. The van der Waals surface area contributed by atoms with Crippen LogP contribution in [-0.2, 0) is 6.54 Å². The third-order valence-corrected chi connectivity index (χ3v) is 3.22. The molecule has 110 valence electrons. The van der Waals surface area contributed by atoms with Crippen LogP contribution in [0.2, 0.25) is 0 Å². The fraction of sp³-hybridized carbons (Fsp3) is 0.588. The van der Waals surface area contributed by atoms with Gasteiger partial charge < -0.3 is 10.2 Å². The SMILES string of the molecule is C#CCN(CCC)c1nc(C)cc(C)c1CNC(C)C. The second kappa shape index (κ2) is 7.91. The molecule has 0 fully saturated rings. The number of pyridine rings is 1. The van der Waals surface area contributed by atoms with Crippen LogP contribution in [0.15, 0.2) is 6.07 Å². The molecule has 0 spiro atoms. The third kappa shape index (κ3) is 4.54. The molecular weight excluding hydrogens is 246 g/mol. The van der Waals surface area contributed by atoms with E-state index in [9.17, 15) is 0 Å². The quantitative estimate of drug-likeness (QED) is 0.774. The number of hydrogen-bond acceptors (Lipinski definition) is 3. The van der Waals surface area contributed by atoms with Crippen LogP contribution in [0.4, 0.5) is 5.82 Å². The Kier molecular flexibility index (Phi) is 6.54. The second-order valence-electron chi connectivity index (χ2n) is 5.54. The first kappa shape index (κ1) is 16.5. The van der Waals surface area contributed by atoms with E-state index in [1.807, 2.05) is 6.92 Å². The zero-order valence-corrected chi connectivity index (χ0v) is 13.5. The molecule has 0 bridgehead atoms. The molecule has 1 aromatic rings. The molecule has 0 radical (unpaired) electrons. The van der Waals surface area contributed by atoms with Crippen molar-refractivity contribution in [2.75, 3.05) is 18.0 Å². The van der Waals surface area contributed by atoms with Crippen LogP contribution in [0.3, 0.4) is 0 Å². The van der Waals surface area contributed by atoms with E-state index in [0.29, 0.717) is 12.6 Å². The molecule has 0 unspecified atom stereocenters. The Morgan fingerprint density at radius 2 is 2.10 bits per heavy atom. The molecule has 1 aromatic heterocycles. The van der Waals surface area contributed by atoms with E-state index in [0.717, 1.165) is 31.0 Å². The Hall–Kier alpha value is -1.53. The molecule has 1 N–H and O–H groups in total. The highest BCUT2D eigenvalue weighted by Crippen LogP contribution is 2.23. The molecule has 0 aliphatic carbocycles. The molecule has 0 atom stereocenters. The van der Waals surface area contributed by atoms with Crippen molar-refractivity contribution in [1.82, 2.24) is 10.3 Å². The zero-order valence-electron chi connectivity index (χ0n) is 13.5. The lowest BCUT2D eigenvalue weighted by molar-refractivity contribution is 0.585. The molecule has 3 heteroatoms. The molecule has 0 aliphatic heterocycles. The van der Waals surface area contributed by atoms with E-state index in [1.54, 1.807) is 0 Å². The lowest BCUT2D eigenvalue weighted by atomic mass is 10.1. The third-order valence-electron chi connectivity index (χ3n) is 3.22. The second-order valence-corrected chi connectivity index (χ2v) is 5.54. The molecule has 0 aromatic carbocycles. The molecule has 0 saturated heterocycles. The van der Waals surface area contributed by atoms with Crippen molar-refractivity contribution in [2.24, 2.45) is 0 Å². The lowest BCUT2D eigenvalue weighted by Gasteiger charge is -2.25. The van der Waals surface area contributed by atoms with Gasteiger partial charge in [0.15, 0.2) is 0 Å². The van der Waals surface area contributed by atoms with E-state index >= 15 is 0 Å². The first-order chi connectivity index (χ1) is 9.49. The average molecular weight is 273 g/mol. The summed E-state index contributed by atoms with van der Waals surface area (Å²) in [7, 11) is 0. The van der Waals surface area contributed by atoms with Crippen LogP contribution in [0.25, 0.3) is 0 Å². The molecule has 20 heavy (non-hydrogen) atoms. The average Bonchev–Trinajstić information content (AvgIpc) is 2.36. The summed E-state index contributed by atoms with van der Waals surface area (Å²) in [6.07, 6.45) is 6.57. The van der Waals surface area contributed by atoms with Gasteiger partial charge in [-0.3, -0.25) is 0 Å². The van der Waals surface area contributed by atoms with E-state index in [1.165, 1.54) is 11.1 Å². The maximum Gasteiger partial charge on any atom is 0.134 e. The molecule has 3 nitrogen and oxygen atoms in total. The summed E-state index contributed by atoms with van der Waals surface area (Å²) >= 11 is 0. The first-order valence-corrected chi connectivity index (χ1v) is 7.38. The summed E-state index contributed by atoms with van der Waals surface area (Å²) in [4.78, 5) is 6.95. The summed E-state index contributed by atoms with van der Waals surface area (Å²) in [5.74, 6) is 3.79. The molecule has 1 rings (SSSR count). The van der Waals surface area contributed by atoms with Crippen LogP contribution in [0, 0.1) is 26.2 Å². The summed E-state index contributed by atoms with van der Waals surface area (Å²) in [5.41, 5.74) is 3.58. The van der Waals surface area contributed by atoms with Gasteiger partial charge in [0.05, 0.1) is 6.54 Å². The Morgan fingerprint density at radius 1 is 1.40 bits per heavy atom. The number of rotatable bonds is 7. The molecular formula is C17H27N3. The maximum atomic E-state index is 5.51. The van der Waals surface area contributed by atoms with Gasteiger partial charge in [-0.1, -0.05) is 26.7 Å². The molecule has 0 saturated carbocycles. The van der Waals surface area contributed by atoms with Crippen molar-refractivity contribution in [3.05, 3.63) is 22.9 Å². The van der Waals surface area contributed by atoms with E-state index in [4.69, 9.17) is 11.4 Å². The highest BCUT2D eigenvalue weighted by molar-refractivity contribution is 5.52. The van der Waals surface area contributed by atoms with Gasteiger partial charge in [-0.15, -0.1) is 6.42 Å². The van der Waals surface area contributed by atoms with Gasteiger partial charge >= 0.3 is 0 Å². The summed E-state index contributed by atoms with van der Waals surface area (Å²) in [6, 6.07) is 2.59. The number of terminal acetylenes is 1. The van der Waals surface area contributed by atoms with Crippen molar-refractivity contribution in [3.8, 4) is 12.3 Å². The number of anilines is 1. The van der Waals surface area contributed by atoms with Gasteiger partial charge in [0.1, 0.15) is 5.82 Å². The predicted octanol–water partition coefficient (Wildman–Crippen LogP) is 3.05. The lowest BCUT2D eigenvalue weighted by Crippen LogP contribution is -2.29.